The number of hydrogen-bond donors (Lipinski definition) is 1. The van der Waals surface area contributed by atoms with Gasteiger partial charge in [-0.2, -0.15) is 0 Å². The van der Waals surface area contributed by atoms with Crippen molar-refractivity contribution in [2.45, 2.75) is 0 Å². The molecule has 0 bridgehead atoms. The third-order valence-corrected chi connectivity index (χ3v) is 1.78. The van der Waals surface area contributed by atoms with Gasteiger partial charge >= 0.3 is 5.82 Å². The van der Waals surface area contributed by atoms with E-state index < -0.39 is 4.92 Å². The van der Waals surface area contributed by atoms with Gasteiger partial charge in [0.2, 0.25) is 5.75 Å². The van der Waals surface area contributed by atoms with Crippen molar-refractivity contribution in [2.75, 3.05) is 20.2 Å². The lowest BCUT2D eigenvalue weighted by Crippen LogP contribution is -2.15. The molecule has 0 fully saturated rings. The van der Waals surface area contributed by atoms with Crippen LogP contribution in [0.2, 0.25) is 0 Å². The summed E-state index contributed by atoms with van der Waals surface area (Å²) in [6.07, 6.45) is 1.35. The Bertz CT molecular complexity index is 393. The molecule has 0 aliphatic rings. The van der Waals surface area contributed by atoms with E-state index in [2.05, 4.69) is 16.9 Å². The van der Waals surface area contributed by atoms with Gasteiger partial charge in [-0.1, -0.05) is 6.58 Å². The van der Waals surface area contributed by atoms with Gasteiger partial charge < -0.3 is 20.2 Å². The zero-order valence-corrected chi connectivity index (χ0v) is 8.97. The molecule has 1 N–H and O–H groups in total. The van der Waals surface area contributed by atoms with Crippen molar-refractivity contribution in [2.24, 2.45) is 0 Å². The number of hydrogen-bond acceptors (Lipinski definition) is 5. The molecule has 0 atom stereocenters. The van der Waals surface area contributed by atoms with Crippen molar-refractivity contribution in [3.63, 3.8) is 0 Å². The maximum Gasteiger partial charge on any atom is 0.406 e. The smallest absolute Gasteiger partial charge is 0.406 e. The van der Waals surface area contributed by atoms with E-state index in [0.717, 1.165) is 5.57 Å². The highest BCUT2D eigenvalue weighted by Crippen LogP contribution is 2.22. The Morgan fingerprint density at radius 2 is 2.50 bits per heavy atom. The molecule has 1 aromatic heterocycles. The minimum absolute atomic E-state index is 0.157. The summed E-state index contributed by atoms with van der Waals surface area (Å²) in [4.78, 5) is 13.7. The fourth-order valence-electron chi connectivity index (χ4n) is 1.11. The van der Waals surface area contributed by atoms with E-state index in [0.29, 0.717) is 6.54 Å². The summed E-state index contributed by atoms with van der Waals surface area (Å²) in [6.45, 7) is 4.59. The summed E-state index contributed by atoms with van der Waals surface area (Å²) in [7, 11) is 1.79. The third-order valence-electron chi connectivity index (χ3n) is 1.78. The normalized spacial score (nSPS) is 9.81. The van der Waals surface area contributed by atoms with Crippen LogP contribution in [0.5, 0.6) is 5.75 Å². The van der Waals surface area contributed by atoms with Gasteiger partial charge in [0.25, 0.3) is 0 Å². The number of nitrogens with zero attached hydrogens (tertiary/aromatic N) is 2. The summed E-state index contributed by atoms with van der Waals surface area (Å²) in [5.41, 5.74) is 0.806. The lowest BCUT2D eigenvalue weighted by atomic mass is 10.3. The molecule has 16 heavy (non-hydrogen) atoms. The number of ether oxygens (including phenoxy) is 1. The molecular weight excluding hydrogens is 210 g/mol. The lowest BCUT2D eigenvalue weighted by Gasteiger charge is -2.07. The molecule has 0 aromatic carbocycles. The monoisotopic (exact) mass is 223 g/mol. The predicted molar refractivity (Wildman–Crippen MR) is 59.5 cm³/mol. The molecule has 0 radical (unpaired) electrons. The number of aromatic nitrogens is 1. The maximum absolute atomic E-state index is 10.6. The van der Waals surface area contributed by atoms with Crippen molar-refractivity contribution in [1.82, 2.24) is 10.3 Å². The van der Waals surface area contributed by atoms with Gasteiger partial charge in [-0.25, -0.2) is 0 Å². The third kappa shape index (κ3) is 3.32. The zero-order chi connectivity index (χ0) is 12.0. The molecule has 1 aromatic rings. The van der Waals surface area contributed by atoms with E-state index in [1.807, 2.05) is 0 Å². The van der Waals surface area contributed by atoms with Gasteiger partial charge in [0.05, 0.1) is 0 Å². The highest BCUT2D eigenvalue weighted by Gasteiger charge is 2.15. The van der Waals surface area contributed by atoms with Crippen molar-refractivity contribution in [3.8, 4) is 5.75 Å². The van der Waals surface area contributed by atoms with E-state index in [-0.39, 0.29) is 18.2 Å². The second-order valence-electron chi connectivity index (χ2n) is 3.15. The predicted octanol–water partition coefficient (Wildman–Crippen LogP) is 1.14. The van der Waals surface area contributed by atoms with Crippen LogP contribution in [0.3, 0.4) is 0 Å². The molecule has 0 aliphatic carbocycles. The maximum atomic E-state index is 10.6. The summed E-state index contributed by atoms with van der Waals surface area (Å²) >= 11 is 0. The van der Waals surface area contributed by atoms with Crippen molar-refractivity contribution >= 4 is 5.82 Å². The lowest BCUT2D eigenvalue weighted by molar-refractivity contribution is -0.390. The van der Waals surface area contributed by atoms with Crippen LogP contribution in [-0.2, 0) is 0 Å². The second kappa shape index (κ2) is 5.82. The molecule has 0 unspecified atom stereocenters. The Morgan fingerprint density at radius 1 is 1.75 bits per heavy atom. The summed E-state index contributed by atoms with van der Waals surface area (Å²) in [5.74, 6) is -0.121. The van der Waals surface area contributed by atoms with E-state index in [4.69, 9.17) is 4.74 Å². The topological polar surface area (TPSA) is 77.3 Å². The van der Waals surface area contributed by atoms with Crippen molar-refractivity contribution in [1.29, 1.82) is 0 Å². The van der Waals surface area contributed by atoms with Gasteiger partial charge in [-0.3, -0.25) is 0 Å². The Morgan fingerprint density at radius 3 is 3.12 bits per heavy atom. The molecule has 86 valence electrons. The minimum Gasteiger partial charge on any atom is -0.481 e. The Balaban J connectivity index is 2.66. The van der Waals surface area contributed by atoms with Gasteiger partial charge in [0.1, 0.15) is 12.8 Å². The van der Waals surface area contributed by atoms with E-state index in [1.165, 1.54) is 12.3 Å². The first-order valence-corrected chi connectivity index (χ1v) is 4.68. The molecule has 0 saturated carbocycles. The Kier molecular flexibility index (Phi) is 4.41. The van der Waals surface area contributed by atoms with Crippen LogP contribution < -0.4 is 10.1 Å². The summed E-state index contributed by atoms with van der Waals surface area (Å²) in [6, 6.07) is 3.10. The van der Waals surface area contributed by atoms with Crippen LogP contribution in [0.25, 0.3) is 0 Å². The molecule has 0 aliphatic heterocycles. The van der Waals surface area contributed by atoms with E-state index in [1.54, 1.807) is 13.1 Å². The second-order valence-corrected chi connectivity index (χ2v) is 3.15. The number of rotatable bonds is 6. The average molecular weight is 223 g/mol. The number of nitro groups is 1. The number of pyridine rings is 1. The van der Waals surface area contributed by atoms with E-state index >= 15 is 0 Å². The largest absolute Gasteiger partial charge is 0.481 e. The van der Waals surface area contributed by atoms with Crippen LogP contribution in [0.15, 0.2) is 30.5 Å². The van der Waals surface area contributed by atoms with Gasteiger partial charge in [-0.05, 0) is 34.7 Å². The van der Waals surface area contributed by atoms with Crippen LogP contribution >= 0.6 is 0 Å². The molecule has 0 spiro atoms. The molecule has 1 heterocycles. The minimum atomic E-state index is -0.573. The quantitative estimate of drug-likeness (QED) is 0.444. The van der Waals surface area contributed by atoms with Crippen LogP contribution in [0, 0.1) is 10.1 Å². The van der Waals surface area contributed by atoms with Crippen molar-refractivity contribution < 1.29 is 9.66 Å². The first-order valence-electron chi connectivity index (χ1n) is 4.68. The average Bonchev–Trinajstić information content (AvgIpc) is 2.27. The molecule has 0 saturated heterocycles. The van der Waals surface area contributed by atoms with Crippen molar-refractivity contribution in [3.05, 3.63) is 40.6 Å². The van der Waals surface area contributed by atoms with E-state index in [9.17, 15) is 10.1 Å². The highest BCUT2D eigenvalue weighted by atomic mass is 16.6. The number of likely N-dealkylation sites (N-methyl/N-ethyl adjacent to an activating group) is 1. The standard InChI is InChI=1S/C10H13N3O3/c1-8(6-11-2)7-16-9-4-3-5-12-10(9)13(14)15/h3-5,11H,1,6-7H2,2H3. The SMILES string of the molecule is C=C(CNC)COc1cccnc1[N+](=O)[O-]. The molecule has 6 heteroatoms. The highest BCUT2D eigenvalue weighted by molar-refractivity contribution is 5.38. The summed E-state index contributed by atoms with van der Waals surface area (Å²) in [5, 5.41) is 13.5. The Labute approximate surface area is 93.1 Å². The fourth-order valence-corrected chi connectivity index (χ4v) is 1.11. The molecule has 1 rings (SSSR count). The molecule has 0 amide bonds. The number of nitrogens with one attached hydrogen (secondary N) is 1. The van der Waals surface area contributed by atoms with Crippen LogP contribution in [-0.4, -0.2) is 30.1 Å². The molecule has 6 nitrogen and oxygen atoms in total. The molecular formula is C10H13N3O3. The van der Waals surface area contributed by atoms with Gasteiger partial charge in [0.15, 0.2) is 0 Å². The van der Waals surface area contributed by atoms with Crippen LogP contribution in [0.4, 0.5) is 5.82 Å². The van der Waals surface area contributed by atoms with Gasteiger partial charge in [-0.15, -0.1) is 0 Å². The first-order chi connectivity index (χ1) is 7.65. The first kappa shape index (κ1) is 12.1. The summed E-state index contributed by atoms with van der Waals surface area (Å²) < 4.78 is 5.27. The van der Waals surface area contributed by atoms with Gasteiger partial charge in [0, 0.05) is 6.54 Å². The fraction of sp³-hybridized carbons (Fsp3) is 0.300. The Hall–Kier alpha value is -1.95. The van der Waals surface area contributed by atoms with Crippen LogP contribution in [0.1, 0.15) is 0 Å². The zero-order valence-electron chi connectivity index (χ0n) is 8.97.